The summed E-state index contributed by atoms with van der Waals surface area (Å²) in [5, 5.41) is 3.17. The van der Waals surface area contributed by atoms with Gasteiger partial charge in [0.2, 0.25) is 0 Å². The summed E-state index contributed by atoms with van der Waals surface area (Å²) in [6.07, 6.45) is -1.94. The summed E-state index contributed by atoms with van der Waals surface area (Å²) < 4.78 is 44.7. The number of carbonyl (C=O) groups excluding carboxylic acids is 2. The average molecular weight is 466 g/mol. The van der Waals surface area contributed by atoms with Crippen LogP contribution in [0.5, 0.6) is 0 Å². The van der Waals surface area contributed by atoms with Gasteiger partial charge in [0.05, 0.1) is 11.1 Å². The summed E-state index contributed by atoms with van der Waals surface area (Å²) in [5.41, 5.74) is -0.212. The summed E-state index contributed by atoms with van der Waals surface area (Å²) in [7, 11) is 0. The van der Waals surface area contributed by atoms with Gasteiger partial charge in [-0.15, -0.1) is 0 Å². The highest BCUT2D eigenvalue weighted by Gasteiger charge is 2.51. The van der Waals surface area contributed by atoms with E-state index < -0.39 is 23.3 Å². The molecule has 1 aromatic carbocycles. The number of halogens is 3. The summed E-state index contributed by atoms with van der Waals surface area (Å²) in [5.74, 6) is -0.565. The molecule has 180 valence electrons. The van der Waals surface area contributed by atoms with E-state index in [9.17, 15) is 22.8 Å². The van der Waals surface area contributed by atoms with Crippen LogP contribution in [0.15, 0.2) is 35.4 Å². The third-order valence-corrected chi connectivity index (χ3v) is 7.09. The van der Waals surface area contributed by atoms with Gasteiger partial charge in [-0.25, -0.2) is 4.79 Å². The fourth-order valence-electron chi connectivity index (χ4n) is 5.09. The van der Waals surface area contributed by atoms with Gasteiger partial charge in [0.15, 0.2) is 0 Å². The van der Waals surface area contributed by atoms with Crippen molar-refractivity contribution in [2.75, 3.05) is 38.0 Å². The van der Waals surface area contributed by atoms with E-state index in [1.165, 1.54) is 6.07 Å². The Balaban J connectivity index is 1.40. The van der Waals surface area contributed by atoms with Crippen LogP contribution in [0.4, 0.5) is 18.9 Å². The smallest absolute Gasteiger partial charge is 0.416 e. The number of esters is 1. The summed E-state index contributed by atoms with van der Waals surface area (Å²) in [6.45, 7) is 7.16. The molecule has 6 nitrogen and oxygen atoms in total. The van der Waals surface area contributed by atoms with Crippen LogP contribution in [0.2, 0.25) is 0 Å². The van der Waals surface area contributed by atoms with Crippen molar-refractivity contribution in [1.82, 2.24) is 9.80 Å². The van der Waals surface area contributed by atoms with E-state index in [4.69, 9.17) is 4.74 Å². The number of amides is 1. The molecule has 3 aliphatic heterocycles. The van der Waals surface area contributed by atoms with Crippen molar-refractivity contribution in [3.05, 3.63) is 41.0 Å². The number of anilines is 1. The number of hydrogen-bond acceptors (Lipinski definition) is 5. The Morgan fingerprint density at radius 2 is 1.85 bits per heavy atom. The lowest BCUT2D eigenvalue weighted by Crippen LogP contribution is -2.51. The SMILES string of the molecule is CCN1CCC2(CC1)OC(=O)C(C)=C2C(=O)N1CCC(Nc2cccc(C(F)(F)F)c2)CC1. The van der Waals surface area contributed by atoms with Crippen LogP contribution in [-0.2, 0) is 20.5 Å². The number of ether oxygens (including phenoxy) is 1. The minimum atomic E-state index is -4.39. The zero-order valence-electron chi connectivity index (χ0n) is 19.0. The van der Waals surface area contributed by atoms with Gasteiger partial charge in [0.1, 0.15) is 5.60 Å². The Hall–Kier alpha value is -2.55. The molecule has 0 aromatic heterocycles. The maximum Gasteiger partial charge on any atom is 0.416 e. The minimum Gasteiger partial charge on any atom is -0.450 e. The van der Waals surface area contributed by atoms with Gasteiger partial charge in [-0.3, -0.25) is 4.79 Å². The second kappa shape index (κ2) is 9.00. The van der Waals surface area contributed by atoms with Crippen molar-refractivity contribution in [2.24, 2.45) is 0 Å². The highest BCUT2D eigenvalue weighted by atomic mass is 19.4. The maximum absolute atomic E-state index is 13.5. The van der Waals surface area contributed by atoms with E-state index in [0.29, 0.717) is 55.6 Å². The van der Waals surface area contributed by atoms with E-state index in [1.54, 1.807) is 17.9 Å². The first-order valence-corrected chi connectivity index (χ1v) is 11.5. The van der Waals surface area contributed by atoms with Gasteiger partial charge in [-0.2, -0.15) is 13.2 Å². The van der Waals surface area contributed by atoms with Gasteiger partial charge < -0.3 is 19.9 Å². The van der Waals surface area contributed by atoms with Crippen LogP contribution in [0.25, 0.3) is 0 Å². The Kier molecular flexibility index (Phi) is 6.44. The monoisotopic (exact) mass is 465 g/mol. The standard InChI is InChI=1S/C24H30F3N3O3/c1-3-29-13-9-23(10-14-29)20(16(2)22(32)33-23)21(31)30-11-7-18(8-12-30)28-19-6-4-5-17(15-19)24(25,26)27/h4-6,15,18,28H,3,7-14H2,1-2H3. The molecule has 4 rings (SSSR count). The van der Waals surface area contributed by atoms with Crippen molar-refractivity contribution >= 4 is 17.6 Å². The summed E-state index contributed by atoms with van der Waals surface area (Å²) >= 11 is 0. The van der Waals surface area contributed by atoms with Crippen LogP contribution in [0, 0.1) is 0 Å². The number of hydrogen-bond donors (Lipinski definition) is 1. The molecule has 33 heavy (non-hydrogen) atoms. The molecule has 3 heterocycles. The Labute approximate surface area is 191 Å². The molecule has 0 bridgehead atoms. The second-order valence-corrected chi connectivity index (χ2v) is 9.11. The lowest BCUT2D eigenvalue weighted by Gasteiger charge is -2.41. The highest BCUT2D eigenvalue weighted by Crippen LogP contribution is 2.42. The summed E-state index contributed by atoms with van der Waals surface area (Å²) in [4.78, 5) is 29.9. The first-order valence-electron chi connectivity index (χ1n) is 11.5. The third-order valence-electron chi connectivity index (χ3n) is 7.09. The first-order chi connectivity index (χ1) is 15.6. The predicted octanol–water partition coefficient (Wildman–Crippen LogP) is 3.84. The topological polar surface area (TPSA) is 61.9 Å². The van der Waals surface area contributed by atoms with Crippen molar-refractivity contribution in [3.8, 4) is 0 Å². The molecule has 3 aliphatic rings. The number of benzene rings is 1. The molecular formula is C24H30F3N3O3. The lowest BCUT2D eigenvalue weighted by atomic mass is 9.82. The number of piperidine rings is 2. The molecule has 9 heteroatoms. The highest BCUT2D eigenvalue weighted by molar-refractivity contribution is 6.07. The zero-order valence-corrected chi connectivity index (χ0v) is 19.0. The molecule has 0 aliphatic carbocycles. The van der Waals surface area contributed by atoms with E-state index in [1.807, 2.05) is 0 Å². The van der Waals surface area contributed by atoms with E-state index in [2.05, 4.69) is 17.1 Å². The average Bonchev–Trinajstić information content (AvgIpc) is 3.03. The normalized spacial score (nSPS) is 22.1. The lowest BCUT2D eigenvalue weighted by molar-refractivity contribution is -0.151. The van der Waals surface area contributed by atoms with Crippen molar-refractivity contribution in [3.63, 3.8) is 0 Å². The number of nitrogens with one attached hydrogen (secondary N) is 1. The first kappa shape index (κ1) is 23.6. The van der Waals surface area contributed by atoms with Gasteiger partial charge in [0.25, 0.3) is 5.91 Å². The minimum absolute atomic E-state index is 0.0316. The quantitative estimate of drug-likeness (QED) is 0.685. The number of nitrogens with zero attached hydrogens (tertiary/aromatic N) is 2. The second-order valence-electron chi connectivity index (χ2n) is 9.11. The van der Waals surface area contributed by atoms with Crippen molar-refractivity contribution in [2.45, 2.75) is 57.3 Å². The van der Waals surface area contributed by atoms with Crippen LogP contribution in [0.1, 0.15) is 45.1 Å². The molecule has 0 unspecified atom stereocenters. The number of carbonyl (C=O) groups is 2. The largest absolute Gasteiger partial charge is 0.450 e. The Morgan fingerprint density at radius 3 is 2.45 bits per heavy atom. The van der Waals surface area contributed by atoms with Crippen LogP contribution < -0.4 is 5.32 Å². The van der Waals surface area contributed by atoms with E-state index in [0.717, 1.165) is 31.8 Å². The fraction of sp³-hybridized carbons (Fsp3) is 0.583. The van der Waals surface area contributed by atoms with Crippen LogP contribution >= 0.6 is 0 Å². The molecule has 2 saturated heterocycles. The Bertz CT molecular complexity index is 944. The zero-order chi connectivity index (χ0) is 23.8. The van der Waals surface area contributed by atoms with Gasteiger partial charge in [0, 0.05) is 56.3 Å². The van der Waals surface area contributed by atoms with Gasteiger partial charge in [-0.1, -0.05) is 13.0 Å². The third kappa shape index (κ3) is 4.74. The molecule has 1 aromatic rings. The van der Waals surface area contributed by atoms with Crippen molar-refractivity contribution < 1.29 is 27.5 Å². The predicted molar refractivity (Wildman–Crippen MR) is 118 cm³/mol. The van der Waals surface area contributed by atoms with Crippen LogP contribution in [0.3, 0.4) is 0 Å². The van der Waals surface area contributed by atoms with Gasteiger partial charge in [-0.05, 0) is 44.5 Å². The summed E-state index contributed by atoms with van der Waals surface area (Å²) in [6, 6.07) is 5.14. The molecular weight excluding hydrogens is 435 g/mol. The molecule has 1 amide bonds. The molecule has 0 atom stereocenters. The number of likely N-dealkylation sites (tertiary alicyclic amines) is 2. The van der Waals surface area contributed by atoms with Crippen LogP contribution in [-0.4, -0.2) is 66.0 Å². The number of rotatable bonds is 4. The molecule has 2 fully saturated rings. The molecule has 1 spiro atoms. The van der Waals surface area contributed by atoms with E-state index >= 15 is 0 Å². The van der Waals surface area contributed by atoms with Crippen molar-refractivity contribution in [1.29, 1.82) is 0 Å². The molecule has 1 N–H and O–H groups in total. The fourth-order valence-corrected chi connectivity index (χ4v) is 5.09. The molecule has 0 radical (unpaired) electrons. The molecule has 0 saturated carbocycles. The Morgan fingerprint density at radius 1 is 1.18 bits per heavy atom. The van der Waals surface area contributed by atoms with E-state index in [-0.39, 0.29) is 11.9 Å². The number of alkyl halides is 3. The maximum atomic E-state index is 13.5. The van der Waals surface area contributed by atoms with Gasteiger partial charge >= 0.3 is 12.1 Å².